The van der Waals surface area contributed by atoms with Gasteiger partial charge in [0.15, 0.2) is 0 Å². The van der Waals surface area contributed by atoms with Crippen LogP contribution in [0.1, 0.15) is 0 Å². The first kappa shape index (κ1) is 16.9. The van der Waals surface area contributed by atoms with Crippen LogP contribution in [-0.2, 0) is 11.3 Å². The Balaban J connectivity index is 0.00000176. The Kier molecular flexibility index (Phi) is 5.52. The summed E-state index contributed by atoms with van der Waals surface area (Å²) < 4.78 is 1.30. The molecule has 2 aromatic heterocycles. The van der Waals surface area contributed by atoms with Crippen LogP contribution in [0, 0.1) is 5.92 Å². The Morgan fingerprint density at radius 1 is 1.55 bits per heavy atom. The number of carbonyl (C=O) groups is 1. The molecule has 3 N–H and O–H groups in total. The van der Waals surface area contributed by atoms with E-state index < -0.39 is 6.10 Å². The number of hydrogen-bond acceptors (Lipinski definition) is 6. The Hall–Kier alpha value is -1.48. The minimum absolute atomic E-state index is 0. The first-order valence-electron chi connectivity index (χ1n) is 6.73. The number of amides is 1. The number of aliphatic hydroxyl groups excluding tert-OH is 1. The maximum absolute atomic E-state index is 12.1. The standard InChI is InChI=1S/C13H16N4O3S.ClH/c18-10-5-14-3-8(10)4-15-11(19)6-17-7-16-12-9(13(17)20)1-2-21-12;/h1-2,7-8,10,14,18H,3-6H2,(H,15,19);1H. The van der Waals surface area contributed by atoms with E-state index in [2.05, 4.69) is 15.6 Å². The van der Waals surface area contributed by atoms with Crippen LogP contribution in [-0.4, -0.2) is 46.3 Å². The van der Waals surface area contributed by atoms with E-state index in [0.717, 1.165) is 0 Å². The average Bonchev–Trinajstić information content (AvgIpc) is 3.09. The Morgan fingerprint density at radius 3 is 3.09 bits per heavy atom. The largest absolute Gasteiger partial charge is 0.391 e. The predicted molar refractivity (Wildman–Crippen MR) is 86.5 cm³/mol. The average molecular weight is 345 g/mol. The lowest BCUT2D eigenvalue weighted by Crippen LogP contribution is -2.37. The van der Waals surface area contributed by atoms with Crippen molar-refractivity contribution in [3.8, 4) is 0 Å². The summed E-state index contributed by atoms with van der Waals surface area (Å²) >= 11 is 1.40. The van der Waals surface area contributed by atoms with E-state index in [-0.39, 0.29) is 36.3 Å². The number of fused-ring (bicyclic) bond motifs is 1. The fourth-order valence-corrected chi connectivity index (χ4v) is 3.11. The van der Waals surface area contributed by atoms with E-state index in [4.69, 9.17) is 0 Å². The molecule has 1 aliphatic rings. The summed E-state index contributed by atoms with van der Waals surface area (Å²) in [5, 5.41) is 17.8. The third kappa shape index (κ3) is 3.46. The van der Waals surface area contributed by atoms with Crippen molar-refractivity contribution < 1.29 is 9.90 Å². The molecule has 1 amide bonds. The van der Waals surface area contributed by atoms with Crippen LogP contribution >= 0.6 is 23.7 Å². The minimum atomic E-state index is -0.433. The lowest BCUT2D eigenvalue weighted by Gasteiger charge is -2.14. The molecule has 2 aromatic rings. The lowest BCUT2D eigenvalue weighted by atomic mass is 10.1. The third-order valence-electron chi connectivity index (χ3n) is 3.63. The molecule has 2 atom stereocenters. The van der Waals surface area contributed by atoms with Gasteiger partial charge in [-0.2, -0.15) is 0 Å². The maximum Gasteiger partial charge on any atom is 0.262 e. The van der Waals surface area contributed by atoms with Crippen LogP contribution < -0.4 is 16.2 Å². The second kappa shape index (κ2) is 7.19. The fourth-order valence-electron chi connectivity index (χ4n) is 2.39. The molecule has 3 heterocycles. The molecule has 0 radical (unpaired) electrons. The highest BCUT2D eigenvalue weighted by Crippen LogP contribution is 2.13. The van der Waals surface area contributed by atoms with Crippen molar-refractivity contribution in [2.75, 3.05) is 19.6 Å². The molecule has 1 saturated heterocycles. The van der Waals surface area contributed by atoms with Crippen molar-refractivity contribution in [2.24, 2.45) is 5.92 Å². The molecule has 1 fully saturated rings. The normalized spacial score (nSPS) is 20.8. The maximum atomic E-state index is 12.1. The highest BCUT2D eigenvalue weighted by atomic mass is 35.5. The monoisotopic (exact) mass is 344 g/mol. The molecule has 0 bridgehead atoms. The van der Waals surface area contributed by atoms with E-state index in [9.17, 15) is 14.7 Å². The summed E-state index contributed by atoms with van der Waals surface area (Å²) in [6, 6.07) is 1.71. The van der Waals surface area contributed by atoms with Crippen LogP contribution in [0.5, 0.6) is 0 Å². The van der Waals surface area contributed by atoms with Crippen LogP contribution in [0.15, 0.2) is 22.6 Å². The summed E-state index contributed by atoms with van der Waals surface area (Å²) in [6.07, 6.45) is 0.962. The van der Waals surface area contributed by atoms with Crippen molar-refractivity contribution in [3.05, 3.63) is 28.1 Å². The molecule has 0 spiro atoms. The van der Waals surface area contributed by atoms with Crippen LogP contribution in [0.4, 0.5) is 0 Å². The highest BCUT2D eigenvalue weighted by Gasteiger charge is 2.25. The molecule has 0 saturated carbocycles. The summed E-state index contributed by atoms with van der Waals surface area (Å²) in [5.74, 6) is -0.240. The van der Waals surface area contributed by atoms with E-state index in [1.807, 2.05) is 0 Å². The summed E-state index contributed by atoms with van der Waals surface area (Å²) in [4.78, 5) is 28.9. The zero-order valence-corrected chi connectivity index (χ0v) is 13.3. The van der Waals surface area contributed by atoms with Gasteiger partial charge in [-0.15, -0.1) is 23.7 Å². The first-order chi connectivity index (χ1) is 10.1. The smallest absolute Gasteiger partial charge is 0.262 e. The van der Waals surface area contributed by atoms with E-state index >= 15 is 0 Å². The van der Waals surface area contributed by atoms with Crippen LogP contribution in [0.3, 0.4) is 0 Å². The number of nitrogens with one attached hydrogen (secondary N) is 2. The van der Waals surface area contributed by atoms with Gasteiger partial charge in [0.05, 0.1) is 17.8 Å². The van der Waals surface area contributed by atoms with Crippen LogP contribution in [0.2, 0.25) is 0 Å². The zero-order chi connectivity index (χ0) is 14.8. The zero-order valence-electron chi connectivity index (χ0n) is 11.7. The van der Waals surface area contributed by atoms with Crippen molar-refractivity contribution in [2.45, 2.75) is 12.6 Å². The summed E-state index contributed by atoms with van der Waals surface area (Å²) in [5.41, 5.74) is -0.209. The van der Waals surface area contributed by atoms with Crippen molar-refractivity contribution >= 4 is 39.9 Å². The topological polar surface area (TPSA) is 96.2 Å². The highest BCUT2D eigenvalue weighted by molar-refractivity contribution is 7.16. The van der Waals surface area contributed by atoms with E-state index in [0.29, 0.717) is 29.9 Å². The number of rotatable bonds is 4. The van der Waals surface area contributed by atoms with Gasteiger partial charge in [-0.25, -0.2) is 4.98 Å². The van der Waals surface area contributed by atoms with Gasteiger partial charge in [0.2, 0.25) is 5.91 Å². The summed E-state index contributed by atoms with van der Waals surface area (Å²) in [6.45, 7) is 1.58. The predicted octanol–water partition coefficient (Wildman–Crippen LogP) is -0.424. The Bertz CT molecular complexity index is 717. The van der Waals surface area contributed by atoms with Gasteiger partial charge < -0.3 is 15.7 Å². The molecule has 0 aromatic carbocycles. The van der Waals surface area contributed by atoms with Gasteiger partial charge in [0, 0.05) is 25.6 Å². The van der Waals surface area contributed by atoms with Gasteiger partial charge in [0.1, 0.15) is 11.4 Å². The number of hydrogen-bond donors (Lipinski definition) is 3. The quantitative estimate of drug-likeness (QED) is 0.700. The van der Waals surface area contributed by atoms with Crippen molar-refractivity contribution in [1.29, 1.82) is 0 Å². The molecular formula is C13H17ClN4O3S. The summed E-state index contributed by atoms with van der Waals surface area (Å²) in [7, 11) is 0. The van der Waals surface area contributed by atoms with Gasteiger partial charge in [0.25, 0.3) is 5.56 Å². The first-order valence-corrected chi connectivity index (χ1v) is 7.61. The molecule has 2 unspecified atom stereocenters. The number of halogens is 1. The fraction of sp³-hybridized carbons (Fsp3) is 0.462. The van der Waals surface area contributed by atoms with Crippen molar-refractivity contribution in [3.63, 3.8) is 0 Å². The lowest BCUT2D eigenvalue weighted by molar-refractivity contribution is -0.122. The van der Waals surface area contributed by atoms with Gasteiger partial charge >= 0.3 is 0 Å². The van der Waals surface area contributed by atoms with Crippen LogP contribution in [0.25, 0.3) is 10.2 Å². The molecule has 1 aliphatic heterocycles. The molecule has 22 heavy (non-hydrogen) atoms. The number of nitrogens with zero attached hydrogens (tertiary/aromatic N) is 2. The number of β-amino-alcohol motifs (C(OH)–C–C–N with tert-alkyl or cyclic N) is 1. The molecular weight excluding hydrogens is 328 g/mol. The Labute approximate surface area is 136 Å². The number of aromatic nitrogens is 2. The van der Waals surface area contributed by atoms with Gasteiger partial charge in [-0.3, -0.25) is 14.2 Å². The molecule has 0 aliphatic carbocycles. The van der Waals surface area contributed by atoms with Gasteiger partial charge in [-0.1, -0.05) is 0 Å². The molecule has 7 nitrogen and oxygen atoms in total. The minimum Gasteiger partial charge on any atom is -0.391 e. The SMILES string of the molecule is Cl.O=C(Cn1cnc2sccc2c1=O)NCC1CNCC1O. The molecule has 3 rings (SSSR count). The second-order valence-electron chi connectivity index (χ2n) is 5.11. The number of aliphatic hydroxyl groups is 1. The Morgan fingerprint density at radius 2 is 2.36 bits per heavy atom. The van der Waals surface area contributed by atoms with E-state index in [1.165, 1.54) is 22.2 Å². The second-order valence-corrected chi connectivity index (χ2v) is 6.00. The molecule has 9 heteroatoms. The van der Waals surface area contributed by atoms with Crippen molar-refractivity contribution in [1.82, 2.24) is 20.2 Å². The molecule has 120 valence electrons. The number of carbonyl (C=O) groups excluding carboxylic acids is 1. The number of thiophene rings is 1. The van der Waals surface area contributed by atoms with E-state index in [1.54, 1.807) is 11.4 Å². The van der Waals surface area contributed by atoms with Gasteiger partial charge in [-0.05, 0) is 11.4 Å². The third-order valence-corrected chi connectivity index (χ3v) is 4.45.